The maximum absolute atomic E-state index is 14.9. The van der Waals surface area contributed by atoms with E-state index in [2.05, 4.69) is 5.10 Å². The van der Waals surface area contributed by atoms with Crippen molar-refractivity contribution in [3.05, 3.63) is 71.7 Å². The van der Waals surface area contributed by atoms with Gasteiger partial charge in [0.05, 0.1) is 26.0 Å². The normalized spacial score (nSPS) is 12.2. The van der Waals surface area contributed by atoms with E-state index < -0.39 is 26.4 Å². The van der Waals surface area contributed by atoms with E-state index in [1.807, 2.05) is 0 Å². The van der Waals surface area contributed by atoms with Crippen LogP contribution in [-0.4, -0.2) is 48.4 Å². The number of nitrogens with zero attached hydrogens (tertiary/aromatic N) is 3. The molecular formula is C24H30FN3O5S. The van der Waals surface area contributed by atoms with Gasteiger partial charge in [-0.05, 0) is 55.7 Å². The predicted molar refractivity (Wildman–Crippen MR) is 126 cm³/mol. The van der Waals surface area contributed by atoms with Crippen molar-refractivity contribution < 1.29 is 27.4 Å². The van der Waals surface area contributed by atoms with Crippen LogP contribution in [0, 0.1) is 5.82 Å². The zero-order valence-corrected chi connectivity index (χ0v) is 20.5. The lowest BCUT2D eigenvalue weighted by Crippen LogP contribution is -2.32. The summed E-state index contributed by atoms with van der Waals surface area (Å²) in [6.07, 6.45) is 1.34. The molecule has 0 spiro atoms. The molecule has 0 bridgehead atoms. The third kappa shape index (κ3) is 5.75. The van der Waals surface area contributed by atoms with E-state index in [9.17, 15) is 17.9 Å². The fourth-order valence-electron chi connectivity index (χ4n) is 3.43. The van der Waals surface area contributed by atoms with Crippen LogP contribution in [-0.2, 0) is 28.7 Å². The Hall–Kier alpha value is -2.95. The first kappa shape index (κ1) is 25.7. The molecule has 0 atom stereocenters. The number of aliphatic hydroxyl groups is 1. The number of methoxy groups -OCH3 is 2. The molecule has 0 saturated heterocycles. The van der Waals surface area contributed by atoms with Crippen molar-refractivity contribution >= 4 is 10.0 Å². The fraction of sp³-hybridized carbons (Fsp3) is 0.375. The van der Waals surface area contributed by atoms with Gasteiger partial charge in [0.15, 0.2) is 5.82 Å². The van der Waals surface area contributed by atoms with Gasteiger partial charge in [-0.3, -0.25) is 4.68 Å². The topological polar surface area (TPSA) is 93.9 Å². The number of halogens is 1. The number of aromatic nitrogens is 2. The first-order valence-corrected chi connectivity index (χ1v) is 12.2. The molecule has 1 N–H and O–H groups in total. The van der Waals surface area contributed by atoms with E-state index in [1.165, 1.54) is 8.99 Å². The summed E-state index contributed by atoms with van der Waals surface area (Å²) >= 11 is 0. The van der Waals surface area contributed by atoms with E-state index >= 15 is 0 Å². The highest BCUT2D eigenvalue weighted by molar-refractivity contribution is 7.89. The molecule has 1 aromatic heterocycles. The van der Waals surface area contributed by atoms with Crippen molar-refractivity contribution in [3.8, 4) is 11.5 Å². The Morgan fingerprint density at radius 2 is 1.44 bits per heavy atom. The minimum Gasteiger partial charge on any atom is -0.497 e. The Morgan fingerprint density at radius 1 is 0.971 bits per heavy atom. The van der Waals surface area contributed by atoms with Gasteiger partial charge in [-0.15, -0.1) is 0 Å². The monoisotopic (exact) mass is 491 g/mol. The minimum atomic E-state index is -4.31. The second kappa shape index (κ2) is 10.5. The number of sulfonamides is 1. The van der Waals surface area contributed by atoms with Crippen molar-refractivity contribution in [1.82, 2.24) is 14.1 Å². The molecule has 0 aliphatic rings. The van der Waals surface area contributed by atoms with Gasteiger partial charge in [0.1, 0.15) is 11.5 Å². The van der Waals surface area contributed by atoms with Crippen LogP contribution in [0.25, 0.3) is 0 Å². The molecular weight excluding hydrogens is 461 g/mol. The van der Waals surface area contributed by atoms with Crippen molar-refractivity contribution in [2.24, 2.45) is 0 Å². The molecule has 0 amide bonds. The van der Waals surface area contributed by atoms with Gasteiger partial charge in [-0.1, -0.05) is 24.3 Å². The molecule has 184 valence electrons. The van der Waals surface area contributed by atoms with Crippen LogP contribution >= 0.6 is 0 Å². The highest BCUT2D eigenvalue weighted by Crippen LogP contribution is 2.27. The lowest BCUT2D eigenvalue weighted by atomic mass is 10.0. The summed E-state index contributed by atoms with van der Waals surface area (Å²) in [4.78, 5) is 0. The zero-order valence-electron chi connectivity index (χ0n) is 19.7. The molecule has 3 rings (SSSR count). The fourth-order valence-corrected chi connectivity index (χ4v) is 4.80. The minimum absolute atomic E-state index is 0.00465. The molecule has 34 heavy (non-hydrogen) atoms. The number of rotatable bonds is 11. The van der Waals surface area contributed by atoms with Crippen molar-refractivity contribution in [2.75, 3.05) is 20.8 Å². The molecule has 2 aromatic carbocycles. The Kier molecular flexibility index (Phi) is 7.96. The second-order valence-corrected chi connectivity index (χ2v) is 10.3. The first-order chi connectivity index (χ1) is 16.1. The molecule has 0 aliphatic carbocycles. The van der Waals surface area contributed by atoms with Gasteiger partial charge in [-0.25, -0.2) is 12.8 Å². The molecule has 0 fully saturated rings. The Balaban J connectivity index is 2.00. The van der Waals surface area contributed by atoms with E-state index in [4.69, 9.17) is 9.47 Å². The van der Waals surface area contributed by atoms with Gasteiger partial charge >= 0.3 is 0 Å². The maximum atomic E-state index is 14.9. The number of aliphatic hydroxyl groups excluding tert-OH is 1. The zero-order chi connectivity index (χ0) is 24.9. The van der Waals surface area contributed by atoms with Gasteiger partial charge in [0.25, 0.3) is 10.0 Å². The largest absolute Gasteiger partial charge is 0.497 e. The predicted octanol–water partition coefficient (Wildman–Crippen LogP) is 3.55. The molecule has 0 aliphatic heterocycles. The van der Waals surface area contributed by atoms with Crippen LogP contribution in [0.1, 0.15) is 31.4 Å². The van der Waals surface area contributed by atoms with Crippen LogP contribution in [0.4, 0.5) is 4.39 Å². The van der Waals surface area contributed by atoms with Crippen molar-refractivity contribution in [2.45, 2.75) is 43.9 Å². The molecule has 8 nitrogen and oxygen atoms in total. The summed E-state index contributed by atoms with van der Waals surface area (Å²) in [6, 6.07) is 14.0. The van der Waals surface area contributed by atoms with Crippen LogP contribution in [0.5, 0.6) is 11.5 Å². The standard InChI is InChI=1S/C24H30FN3O5S/c1-24(2,13-14-29)28-17-22(25)23(26-28)34(30,31)27(15-18-5-9-20(32-3)10-6-18)16-19-7-11-21(33-4)12-8-19/h5-12,17,29H,13-16H2,1-4H3. The summed E-state index contributed by atoms with van der Waals surface area (Å²) < 4.78 is 55.0. The van der Waals surface area contributed by atoms with Crippen LogP contribution < -0.4 is 9.47 Å². The van der Waals surface area contributed by atoms with Crippen molar-refractivity contribution in [3.63, 3.8) is 0 Å². The summed E-state index contributed by atoms with van der Waals surface area (Å²) in [6.45, 7) is 3.37. The second-order valence-electron chi connectivity index (χ2n) is 8.48. The van der Waals surface area contributed by atoms with Gasteiger partial charge in [-0.2, -0.15) is 9.40 Å². The van der Waals surface area contributed by atoms with Gasteiger partial charge in [0.2, 0.25) is 5.03 Å². The Morgan fingerprint density at radius 3 is 1.85 bits per heavy atom. The molecule has 0 unspecified atom stereocenters. The van der Waals surface area contributed by atoms with Crippen molar-refractivity contribution in [1.29, 1.82) is 0 Å². The number of hydrogen-bond acceptors (Lipinski definition) is 6. The molecule has 0 saturated carbocycles. The average Bonchev–Trinajstić information content (AvgIpc) is 3.23. The Bertz CT molecular complexity index is 1140. The maximum Gasteiger partial charge on any atom is 0.265 e. The average molecular weight is 492 g/mol. The molecule has 0 radical (unpaired) electrons. The number of hydrogen-bond donors (Lipinski definition) is 1. The van der Waals surface area contributed by atoms with Crippen LogP contribution in [0.2, 0.25) is 0 Å². The lowest BCUT2D eigenvalue weighted by Gasteiger charge is -2.24. The highest BCUT2D eigenvalue weighted by atomic mass is 32.2. The van der Waals surface area contributed by atoms with E-state index in [1.54, 1.807) is 76.6 Å². The van der Waals surface area contributed by atoms with Crippen LogP contribution in [0.15, 0.2) is 59.8 Å². The SMILES string of the molecule is COc1ccc(CN(Cc2ccc(OC)cc2)S(=O)(=O)c2nn(C(C)(C)CCO)cc2F)cc1. The summed E-state index contributed by atoms with van der Waals surface area (Å²) in [7, 11) is -1.22. The summed E-state index contributed by atoms with van der Waals surface area (Å²) in [5.41, 5.74) is 0.650. The molecule has 1 heterocycles. The third-order valence-corrected chi connectivity index (χ3v) is 7.31. The van der Waals surface area contributed by atoms with E-state index in [0.29, 0.717) is 22.6 Å². The summed E-state index contributed by atoms with van der Waals surface area (Å²) in [5, 5.41) is 12.8. The first-order valence-electron chi connectivity index (χ1n) is 10.7. The highest BCUT2D eigenvalue weighted by Gasteiger charge is 2.33. The smallest absolute Gasteiger partial charge is 0.265 e. The lowest BCUT2D eigenvalue weighted by molar-refractivity contribution is 0.199. The number of benzene rings is 2. The van der Waals surface area contributed by atoms with Gasteiger partial charge in [0, 0.05) is 19.7 Å². The van der Waals surface area contributed by atoms with E-state index in [0.717, 1.165) is 6.20 Å². The molecule has 3 aromatic rings. The third-order valence-electron chi connectivity index (χ3n) is 5.60. The summed E-state index contributed by atoms with van der Waals surface area (Å²) in [5.74, 6) is 0.342. The molecule has 10 heteroatoms. The van der Waals surface area contributed by atoms with Gasteiger partial charge < -0.3 is 14.6 Å². The van der Waals surface area contributed by atoms with Crippen LogP contribution in [0.3, 0.4) is 0 Å². The number of ether oxygens (including phenoxy) is 2. The Labute approximate surface area is 199 Å². The quantitative estimate of drug-likeness (QED) is 0.441. The van der Waals surface area contributed by atoms with E-state index in [-0.39, 0.29) is 26.1 Å².